The van der Waals surface area contributed by atoms with Crippen LogP contribution in [0, 0.1) is 5.92 Å². The van der Waals surface area contributed by atoms with E-state index in [0.717, 1.165) is 5.92 Å². The van der Waals surface area contributed by atoms with E-state index in [1.54, 1.807) is 4.88 Å². The second kappa shape index (κ2) is 6.18. The number of likely N-dealkylation sites (tertiary alicyclic amines) is 1. The van der Waals surface area contributed by atoms with E-state index in [4.69, 9.17) is 0 Å². The largest absolute Gasteiger partial charge is 0.293 e. The van der Waals surface area contributed by atoms with Crippen LogP contribution in [0.3, 0.4) is 0 Å². The second-order valence-electron chi connectivity index (χ2n) is 6.99. The Labute approximate surface area is 142 Å². The molecule has 1 nitrogen and oxygen atoms in total. The fourth-order valence-corrected chi connectivity index (χ4v) is 6.72. The van der Waals surface area contributed by atoms with Gasteiger partial charge in [-0.15, -0.1) is 11.3 Å². The minimum atomic E-state index is 0.323. The van der Waals surface area contributed by atoms with E-state index in [1.165, 1.54) is 60.4 Å². The third kappa shape index (κ3) is 2.61. The SMILES string of the molecule is C[C@@H]1CCCN(C2(c3cc4ccccc4s3)CCSCC2)C1. The Bertz CT molecular complexity index is 609. The van der Waals surface area contributed by atoms with Crippen LogP contribution < -0.4 is 0 Å². The molecule has 3 heteroatoms. The second-order valence-corrected chi connectivity index (χ2v) is 9.29. The highest BCUT2D eigenvalue weighted by Crippen LogP contribution is 2.46. The van der Waals surface area contributed by atoms with Crippen LogP contribution in [0.2, 0.25) is 0 Å². The van der Waals surface area contributed by atoms with Gasteiger partial charge in [-0.1, -0.05) is 25.1 Å². The average molecular weight is 332 g/mol. The van der Waals surface area contributed by atoms with Crippen molar-refractivity contribution < 1.29 is 0 Å². The van der Waals surface area contributed by atoms with Gasteiger partial charge in [0.05, 0.1) is 5.54 Å². The number of nitrogens with zero attached hydrogens (tertiary/aromatic N) is 1. The molecule has 1 atom stereocenters. The summed E-state index contributed by atoms with van der Waals surface area (Å²) in [5.74, 6) is 3.49. The molecule has 0 N–H and O–H groups in total. The fourth-order valence-electron chi connectivity index (χ4n) is 4.22. The molecule has 2 aliphatic heterocycles. The molecule has 3 heterocycles. The molecular weight excluding hydrogens is 306 g/mol. The van der Waals surface area contributed by atoms with E-state index < -0.39 is 0 Å². The molecule has 1 aromatic carbocycles. The van der Waals surface area contributed by atoms with Gasteiger partial charge in [-0.3, -0.25) is 4.90 Å². The Hall–Kier alpha value is -0.510. The van der Waals surface area contributed by atoms with Crippen LogP contribution in [0.1, 0.15) is 37.5 Å². The molecule has 22 heavy (non-hydrogen) atoms. The van der Waals surface area contributed by atoms with Crippen molar-refractivity contribution in [2.45, 2.75) is 38.1 Å². The van der Waals surface area contributed by atoms with Crippen LogP contribution in [-0.2, 0) is 5.54 Å². The molecule has 0 spiro atoms. The summed E-state index contributed by atoms with van der Waals surface area (Å²) in [5, 5.41) is 1.44. The summed E-state index contributed by atoms with van der Waals surface area (Å²) in [5.41, 5.74) is 0.323. The van der Waals surface area contributed by atoms with Crippen LogP contribution >= 0.6 is 23.1 Å². The number of hydrogen-bond acceptors (Lipinski definition) is 3. The molecule has 1 aromatic heterocycles. The minimum absolute atomic E-state index is 0.323. The summed E-state index contributed by atoms with van der Waals surface area (Å²) in [6.45, 7) is 5.02. The van der Waals surface area contributed by atoms with E-state index in [0.29, 0.717) is 5.54 Å². The van der Waals surface area contributed by atoms with Crippen LogP contribution in [0.15, 0.2) is 30.3 Å². The highest BCUT2D eigenvalue weighted by molar-refractivity contribution is 7.99. The van der Waals surface area contributed by atoms with Crippen molar-refractivity contribution in [1.29, 1.82) is 0 Å². The average Bonchev–Trinajstić information content (AvgIpc) is 3.00. The molecule has 0 unspecified atom stereocenters. The lowest BCUT2D eigenvalue weighted by molar-refractivity contribution is 0.0383. The lowest BCUT2D eigenvalue weighted by Crippen LogP contribution is -2.51. The third-order valence-corrected chi connectivity index (χ3v) is 7.76. The van der Waals surface area contributed by atoms with Gasteiger partial charge in [0.2, 0.25) is 0 Å². The van der Waals surface area contributed by atoms with Crippen molar-refractivity contribution in [2.75, 3.05) is 24.6 Å². The highest BCUT2D eigenvalue weighted by Gasteiger charge is 2.42. The Morgan fingerprint density at radius 2 is 2.00 bits per heavy atom. The van der Waals surface area contributed by atoms with Gasteiger partial charge in [0.1, 0.15) is 0 Å². The summed E-state index contributed by atoms with van der Waals surface area (Å²) < 4.78 is 1.46. The number of hydrogen-bond donors (Lipinski definition) is 0. The number of thioether (sulfide) groups is 1. The molecule has 0 bridgehead atoms. The number of fused-ring (bicyclic) bond motifs is 1. The maximum absolute atomic E-state index is 2.85. The smallest absolute Gasteiger partial charge is 0.0569 e. The van der Waals surface area contributed by atoms with Crippen LogP contribution in [0.5, 0.6) is 0 Å². The van der Waals surface area contributed by atoms with E-state index in [-0.39, 0.29) is 0 Å². The molecule has 0 saturated carbocycles. The maximum Gasteiger partial charge on any atom is 0.0569 e. The van der Waals surface area contributed by atoms with Gasteiger partial charge in [0, 0.05) is 16.1 Å². The molecule has 0 aliphatic carbocycles. The zero-order chi connectivity index (χ0) is 15.0. The predicted molar refractivity (Wildman–Crippen MR) is 100 cm³/mol. The Morgan fingerprint density at radius 3 is 2.77 bits per heavy atom. The van der Waals surface area contributed by atoms with Gasteiger partial charge in [0.15, 0.2) is 0 Å². The first kappa shape index (κ1) is 15.0. The summed E-state index contributed by atoms with van der Waals surface area (Å²) in [6, 6.07) is 11.4. The van der Waals surface area contributed by atoms with Crippen LogP contribution in [-0.4, -0.2) is 29.5 Å². The van der Waals surface area contributed by atoms with Crippen molar-refractivity contribution in [3.05, 3.63) is 35.2 Å². The maximum atomic E-state index is 2.85. The van der Waals surface area contributed by atoms with Gasteiger partial charge in [0.25, 0.3) is 0 Å². The Kier molecular flexibility index (Phi) is 4.23. The minimum Gasteiger partial charge on any atom is -0.293 e. The van der Waals surface area contributed by atoms with Crippen molar-refractivity contribution in [3.63, 3.8) is 0 Å². The normalized spacial score (nSPS) is 26.3. The van der Waals surface area contributed by atoms with Gasteiger partial charge in [-0.25, -0.2) is 0 Å². The summed E-state index contributed by atoms with van der Waals surface area (Å²) in [4.78, 5) is 4.48. The van der Waals surface area contributed by atoms with Gasteiger partial charge < -0.3 is 0 Å². The molecule has 2 aromatic rings. The summed E-state index contributed by atoms with van der Waals surface area (Å²) in [7, 11) is 0. The fraction of sp³-hybridized carbons (Fsp3) is 0.579. The molecular formula is C19H25NS2. The number of piperidine rings is 1. The Balaban J connectivity index is 1.76. The molecule has 0 amide bonds. The lowest BCUT2D eigenvalue weighted by atomic mass is 9.84. The van der Waals surface area contributed by atoms with Gasteiger partial charge in [-0.2, -0.15) is 11.8 Å². The van der Waals surface area contributed by atoms with Crippen LogP contribution in [0.25, 0.3) is 10.1 Å². The molecule has 118 valence electrons. The zero-order valence-corrected chi connectivity index (χ0v) is 15.0. The van der Waals surface area contributed by atoms with E-state index in [9.17, 15) is 0 Å². The zero-order valence-electron chi connectivity index (χ0n) is 13.4. The van der Waals surface area contributed by atoms with E-state index >= 15 is 0 Å². The molecule has 4 rings (SSSR count). The van der Waals surface area contributed by atoms with Crippen molar-refractivity contribution in [2.24, 2.45) is 5.92 Å². The van der Waals surface area contributed by atoms with Gasteiger partial charge in [-0.05, 0) is 67.2 Å². The van der Waals surface area contributed by atoms with Crippen LogP contribution in [0.4, 0.5) is 0 Å². The van der Waals surface area contributed by atoms with Crippen molar-refractivity contribution in [1.82, 2.24) is 4.90 Å². The van der Waals surface area contributed by atoms with Crippen molar-refractivity contribution in [3.8, 4) is 0 Å². The van der Waals surface area contributed by atoms with Gasteiger partial charge >= 0.3 is 0 Å². The number of thiophene rings is 1. The molecule has 2 saturated heterocycles. The topological polar surface area (TPSA) is 3.24 Å². The van der Waals surface area contributed by atoms with E-state index in [2.05, 4.69) is 53.9 Å². The number of benzene rings is 1. The lowest BCUT2D eigenvalue weighted by Gasteiger charge is -2.49. The quantitative estimate of drug-likeness (QED) is 0.729. The highest BCUT2D eigenvalue weighted by atomic mass is 32.2. The van der Waals surface area contributed by atoms with E-state index in [1.807, 2.05) is 11.3 Å². The molecule has 2 fully saturated rings. The Morgan fingerprint density at radius 1 is 1.18 bits per heavy atom. The monoisotopic (exact) mass is 331 g/mol. The predicted octanol–water partition coefficient (Wildman–Crippen LogP) is 5.36. The third-order valence-electron chi connectivity index (χ3n) is 5.47. The summed E-state index contributed by atoms with van der Waals surface area (Å²) in [6.07, 6.45) is 5.45. The standard InChI is InChI=1S/C19H25NS2/c1-15-5-4-10-20(14-15)19(8-11-21-12-9-19)18-13-16-6-2-3-7-17(16)22-18/h2-3,6-7,13,15H,4-5,8-12,14H2,1H3/t15-/m1/s1. The number of rotatable bonds is 2. The molecule has 2 aliphatic rings. The first-order valence-electron chi connectivity index (χ1n) is 8.60. The van der Waals surface area contributed by atoms with Crippen molar-refractivity contribution >= 4 is 33.2 Å². The summed E-state index contributed by atoms with van der Waals surface area (Å²) >= 11 is 4.19. The molecule has 0 radical (unpaired) electrons. The first-order chi connectivity index (χ1) is 10.8. The first-order valence-corrected chi connectivity index (χ1v) is 10.6.